The van der Waals surface area contributed by atoms with Crippen LogP contribution in [0.5, 0.6) is 0 Å². The van der Waals surface area contributed by atoms with Gasteiger partial charge in [-0.1, -0.05) is 19.0 Å². The molecule has 3 heterocycles. The summed E-state index contributed by atoms with van der Waals surface area (Å²) in [5, 5.41) is 16.0. The van der Waals surface area contributed by atoms with Crippen LogP contribution in [-0.4, -0.2) is 20.2 Å². The number of pyridine rings is 2. The molecule has 0 unspecified atom stereocenters. The molecule has 0 aliphatic carbocycles. The molecule has 102 valence electrons. The van der Waals surface area contributed by atoms with Crippen molar-refractivity contribution in [2.75, 3.05) is 5.73 Å². The van der Waals surface area contributed by atoms with Crippen LogP contribution < -0.4 is 5.73 Å². The highest BCUT2D eigenvalue weighted by Crippen LogP contribution is 2.13. The molecule has 0 radical (unpaired) electrons. The molecule has 0 amide bonds. The fourth-order valence-corrected chi connectivity index (χ4v) is 1.50. The lowest BCUT2D eigenvalue weighted by Crippen LogP contribution is -1.83. The van der Waals surface area contributed by atoms with E-state index in [1.807, 2.05) is 18.2 Å². The lowest BCUT2D eigenvalue weighted by Gasteiger charge is -1.87. The molecule has 0 aromatic carbocycles. The van der Waals surface area contributed by atoms with Crippen LogP contribution in [0, 0.1) is 11.3 Å². The van der Waals surface area contributed by atoms with E-state index in [0.717, 1.165) is 5.39 Å². The number of nitrogens with zero attached hydrogens (tertiary/aromatic N) is 4. The van der Waals surface area contributed by atoms with Gasteiger partial charge >= 0.3 is 0 Å². The van der Waals surface area contributed by atoms with Crippen molar-refractivity contribution in [3.63, 3.8) is 0 Å². The first-order valence-corrected chi connectivity index (χ1v) is 5.65. The predicted molar refractivity (Wildman–Crippen MR) is 79.0 cm³/mol. The third-order valence-electron chi connectivity index (χ3n) is 2.24. The summed E-state index contributed by atoms with van der Waals surface area (Å²) in [6, 6.07) is 8.90. The molecule has 0 atom stereocenters. The molecule has 3 rings (SSSR count). The van der Waals surface area contributed by atoms with Gasteiger partial charge in [0.25, 0.3) is 0 Å². The topological polar surface area (TPSA) is 104 Å². The minimum absolute atomic E-state index is 0. The molecule has 6 nitrogen and oxygen atoms in total. The van der Waals surface area contributed by atoms with E-state index in [-0.39, 0.29) is 12.6 Å². The highest BCUT2D eigenvalue weighted by Gasteiger charge is 1.98. The maximum absolute atomic E-state index is 8.34. The Morgan fingerprint density at radius 3 is 2.50 bits per heavy atom. The molecular formula is C13H13ClN6. The minimum Gasteiger partial charge on any atom is -0.384 e. The van der Waals surface area contributed by atoms with Crippen LogP contribution in [0.1, 0.15) is 13.0 Å². The van der Waals surface area contributed by atoms with Gasteiger partial charge < -0.3 is 5.73 Å². The van der Waals surface area contributed by atoms with Gasteiger partial charge in [-0.05, 0) is 24.3 Å². The molecule has 0 fully saturated rings. The van der Waals surface area contributed by atoms with Crippen LogP contribution in [0.2, 0.25) is 5.15 Å². The zero-order chi connectivity index (χ0) is 13.7. The first-order valence-electron chi connectivity index (χ1n) is 5.27. The summed E-state index contributed by atoms with van der Waals surface area (Å²) in [5.74, 6) is 0.572. The Kier molecular flexibility index (Phi) is 5.44. The first-order chi connectivity index (χ1) is 9.22. The number of nitrogen functional groups attached to an aromatic ring is 1. The SMILES string of the molecule is C.N#Cc1cccnc1Cl.Nc1[nH]nc2ncccc12. The molecule has 7 heteroatoms. The molecular weight excluding hydrogens is 276 g/mol. The zero-order valence-electron chi connectivity index (χ0n) is 9.71. The van der Waals surface area contributed by atoms with Gasteiger partial charge in [0.1, 0.15) is 17.0 Å². The standard InChI is InChI=1S/C6H3ClN2.C6H6N4.CH4/c7-6-5(4-8)2-1-3-9-6;7-5-4-2-1-3-8-6(4)10-9-5;/h1-3H;1-3H,(H3,7,8,9,10);1H4. The van der Waals surface area contributed by atoms with Crippen LogP contribution in [0.4, 0.5) is 5.82 Å². The summed E-state index contributed by atoms with van der Waals surface area (Å²) in [6.07, 6.45) is 3.23. The van der Waals surface area contributed by atoms with E-state index in [2.05, 4.69) is 20.2 Å². The maximum Gasteiger partial charge on any atom is 0.183 e. The molecule has 0 bridgehead atoms. The number of rotatable bonds is 0. The normalized spacial score (nSPS) is 9.00. The Labute approximate surface area is 121 Å². The number of hydrogen-bond acceptors (Lipinski definition) is 5. The van der Waals surface area contributed by atoms with E-state index >= 15 is 0 Å². The van der Waals surface area contributed by atoms with Gasteiger partial charge in [-0.25, -0.2) is 9.97 Å². The number of anilines is 1. The number of nitrogens with one attached hydrogen (secondary N) is 1. The second kappa shape index (κ2) is 7.07. The summed E-state index contributed by atoms with van der Waals surface area (Å²) in [5.41, 5.74) is 6.60. The summed E-state index contributed by atoms with van der Waals surface area (Å²) < 4.78 is 0. The van der Waals surface area contributed by atoms with Crippen LogP contribution in [0.3, 0.4) is 0 Å². The average Bonchev–Trinajstić information content (AvgIpc) is 2.82. The van der Waals surface area contributed by atoms with E-state index in [1.54, 1.807) is 24.5 Å². The number of hydrogen-bond donors (Lipinski definition) is 2. The molecule has 0 aliphatic rings. The summed E-state index contributed by atoms with van der Waals surface area (Å²) in [7, 11) is 0. The smallest absolute Gasteiger partial charge is 0.183 e. The fourth-order valence-electron chi connectivity index (χ4n) is 1.34. The van der Waals surface area contributed by atoms with Gasteiger partial charge in [-0.15, -0.1) is 0 Å². The lowest BCUT2D eigenvalue weighted by molar-refractivity contribution is 1.10. The minimum atomic E-state index is 0. The van der Waals surface area contributed by atoms with Crippen LogP contribution >= 0.6 is 11.6 Å². The highest BCUT2D eigenvalue weighted by atomic mass is 35.5. The summed E-state index contributed by atoms with van der Waals surface area (Å²) in [4.78, 5) is 7.67. The number of nitriles is 1. The van der Waals surface area contributed by atoms with Crippen molar-refractivity contribution in [1.29, 1.82) is 5.26 Å². The first kappa shape index (κ1) is 15.4. The quantitative estimate of drug-likeness (QED) is 0.619. The van der Waals surface area contributed by atoms with Crippen molar-refractivity contribution < 1.29 is 0 Å². The molecule has 0 aliphatic heterocycles. The van der Waals surface area contributed by atoms with Crippen molar-refractivity contribution in [2.45, 2.75) is 7.43 Å². The van der Waals surface area contributed by atoms with Gasteiger partial charge in [-0.2, -0.15) is 10.4 Å². The van der Waals surface area contributed by atoms with E-state index in [0.29, 0.717) is 17.0 Å². The Morgan fingerprint density at radius 2 is 1.90 bits per heavy atom. The zero-order valence-corrected chi connectivity index (χ0v) is 10.5. The van der Waals surface area contributed by atoms with Crippen LogP contribution in [-0.2, 0) is 0 Å². The van der Waals surface area contributed by atoms with Crippen molar-refractivity contribution in [3.05, 3.63) is 47.4 Å². The molecule has 3 N–H and O–H groups in total. The van der Waals surface area contributed by atoms with E-state index in [1.165, 1.54) is 0 Å². The Bertz CT molecular complexity index is 731. The largest absolute Gasteiger partial charge is 0.384 e. The maximum atomic E-state index is 8.34. The van der Waals surface area contributed by atoms with Crippen molar-refractivity contribution in [3.8, 4) is 6.07 Å². The third-order valence-corrected chi connectivity index (χ3v) is 2.54. The molecule has 0 saturated carbocycles. The van der Waals surface area contributed by atoms with E-state index in [9.17, 15) is 0 Å². The molecule has 20 heavy (non-hydrogen) atoms. The van der Waals surface area contributed by atoms with Crippen LogP contribution in [0.15, 0.2) is 36.7 Å². The lowest BCUT2D eigenvalue weighted by atomic mass is 10.3. The third kappa shape index (κ3) is 3.43. The number of halogens is 1. The average molecular weight is 289 g/mol. The van der Waals surface area contributed by atoms with Gasteiger partial charge in [0.15, 0.2) is 5.65 Å². The predicted octanol–water partition coefficient (Wildman–Crippen LogP) is 2.78. The van der Waals surface area contributed by atoms with Crippen LogP contribution in [0.25, 0.3) is 11.0 Å². The molecule has 0 spiro atoms. The number of aromatic nitrogens is 4. The van der Waals surface area contributed by atoms with Crippen molar-refractivity contribution in [2.24, 2.45) is 0 Å². The Hall–Kier alpha value is -2.65. The van der Waals surface area contributed by atoms with E-state index < -0.39 is 0 Å². The molecule has 3 aromatic heterocycles. The van der Waals surface area contributed by atoms with Gasteiger partial charge in [-0.3, -0.25) is 5.10 Å². The summed E-state index contributed by atoms with van der Waals surface area (Å²) >= 11 is 5.49. The number of H-pyrrole nitrogens is 1. The monoisotopic (exact) mass is 288 g/mol. The number of nitrogens with two attached hydrogens (primary N) is 1. The Morgan fingerprint density at radius 1 is 1.20 bits per heavy atom. The second-order valence-corrected chi connectivity index (χ2v) is 3.82. The number of aromatic amines is 1. The summed E-state index contributed by atoms with van der Waals surface area (Å²) in [6.45, 7) is 0. The van der Waals surface area contributed by atoms with Gasteiger partial charge in [0.2, 0.25) is 0 Å². The van der Waals surface area contributed by atoms with Crippen molar-refractivity contribution >= 4 is 28.5 Å². The molecule has 3 aromatic rings. The van der Waals surface area contributed by atoms with E-state index in [4.69, 9.17) is 22.6 Å². The van der Waals surface area contributed by atoms with Gasteiger partial charge in [0, 0.05) is 12.4 Å². The van der Waals surface area contributed by atoms with Gasteiger partial charge in [0.05, 0.1) is 10.9 Å². The second-order valence-electron chi connectivity index (χ2n) is 3.47. The molecule has 0 saturated heterocycles. The highest BCUT2D eigenvalue weighted by molar-refractivity contribution is 6.30. The Balaban J connectivity index is 0.000000192. The van der Waals surface area contributed by atoms with Crippen molar-refractivity contribution in [1.82, 2.24) is 20.2 Å². The number of fused-ring (bicyclic) bond motifs is 1. The fraction of sp³-hybridized carbons (Fsp3) is 0.0769.